The summed E-state index contributed by atoms with van der Waals surface area (Å²) in [5.41, 5.74) is 7.13. The lowest BCUT2D eigenvalue weighted by Crippen LogP contribution is -2.10. The summed E-state index contributed by atoms with van der Waals surface area (Å²) in [5, 5.41) is 3.29. The first-order valence-electron chi connectivity index (χ1n) is 11.0. The van der Waals surface area contributed by atoms with Gasteiger partial charge in [-0.1, -0.05) is 12.1 Å². The lowest BCUT2D eigenvalue weighted by atomic mass is 10.1. The van der Waals surface area contributed by atoms with Crippen molar-refractivity contribution in [2.24, 2.45) is 0 Å². The standard InChI is InChI=1S/C27H25FN6/c1-18-5-4-6-22(15-18)30-27-29-13-11-23(31-27)26-25(20-7-9-21(28)10-8-20)32-24-16-19(17-33(2)3)12-14-34(24)26/h4-16H,17H2,1-3H3,(H,29,30,31). The minimum Gasteiger partial charge on any atom is -0.324 e. The minimum atomic E-state index is -0.283. The van der Waals surface area contributed by atoms with Gasteiger partial charge in [-0.05, 0) is 86.7 Å². The third kappa shape index (κ3) is 4.51. The van der Waals surface area contributed by atoms with E-state index in [1.54, 1.807) is 18.3 Å². The molecule has 2 aromatic carbocycles. The predicted molar refractivity (Wildman–Crippen MR) is 133 cm³/mol. The fourth-order valence-electron chi connectivity index (χ4n) is 4.01. The van der Waals surface area contributed by atoms with Gasteiger partial charge in [0.1, 0.15) is 11.5 Å². The van der Waals surface area contributed by atoms with E-state index in [2.05, 4.69) is 27.3 Å². The number of hydrogen-bond acceptors (Lipinski definition) is 5. The maximum atomic E-state index is 13.6. The van der Waals surface area contributed by atoms with Crippen LogP contribution < -0.4 is 5.32 Å². The summed E-state index contributed by atoms with van der Waals surface area (Å²) in [7, 11) is 4.07. The van der Waals surface area contributed by atoms with Crippen molar-refractivity contribution in [1.82, 2.24) is 24.3 Å². The van der Waals surface area contributed by atoms with E-state index in [-0.39, 0.29) is 5.82 Å². The lowest BCUT2D eigenvalue weighted by molar-refractivity contribution is 0.402. The Hall–Kier alpha value is -4.10. The van der Waals surface area contributed by atoms with E-state index in [9.17, 15) is 4.39 Å². The van der Waals surface area contributed by atoms with Crippen LogP contribution in [0.25, 0.3) is 28.3 Å². The number of anilines is 2. The van der Waals surface area contributed by atoms with Gasteiger partial charge in [0.25, 0.3) is 0 Å². The number of nitrogens with one attached hydrogen (secondary N) is 1. The molecule has 6 nitrogen and oxygen atoms in total. The van der Waals surface area contributed by atoms with E-state index in [0.29, 0.717) is 5.95 Å². The van der Waals surface area contributed by atoms with Crippen molar-refractivity contribution in [3.05, 3.63) is 96.1 Å². The van der Waals surface area contributed by atoms with Crippen LogP contribution in [0, 0.1) is 12.7 Å². The van der Waals surface area contributed by atoms with Crippen LogP contribution in [0.4, 0.5) is 16.0 Å². The quantitative estimate of drug-likeness (QED) is 0.358. The van der Waals surface area contributed by atoms with E-state index in [4.69, 9.17) is 9.97 Å². The average Bonchev–Trinajstić information content (AvgIpc) is 3.18. The van der Waals surface area contributed by atoms with E-state index < -0.39 is 0 Å². The molecule has 34 heavy (non-hydrogen) atoms. The number of fused-ring (bicyclic) bond motifs is 1. The second-order valence-electron chi connectivity index (χ2n) is 8.58. The molecule has 0 fully saturated rings. The Kier molecular flexibility index (Phi) is 5.77. The molecule has 5 aromatic rings. The van der Waals surface area contributed by atoms with E-state index in [1.165, 1.54) is 12.1 Å². The smallest absolute Gasteiger partial charge is 0.227 e. The molecular formula is C27H25FN6. The number of hydrogen-bond donors (Lipinski definition) is 1. The summed E-state index contributed by atoms with van der Waals surface area (Å²) < 4.78 is 15.7. The maximum Gasteiger partial charge on any atom is 0.227 e. The van der Waals surface area contributed by atoms with Gasteiger partial charge in [0, 0.05) is 30.2 Å². The summed E-state index contributed by atoms with van der Waals surface area (Å²) >= 11 is 0. The van der Waals surface area contributed by atoms with Crippen LogP contribution in [0.2, 0.25) is 0 Å². The Bertz CT molecular complexity index is 1460. The summed E-state index contributed by atoms with van der Waals surface area (Å²) in [4.78, 5) is 16.2. The zero-order valence-electron chi connectivity index (χ0n) is 19.3. The first kappa shape index (κ1) is 21.7. The highest BCUT2D eigenvalue weighted by Gasteiger charge is 2.18. The Labute approximate surface area is 197 Å². The number of pyridine rings is 1. The fourth-order valence-corrected chi connectivity index (χ4v) is 4.01. The first-order valence-corrected chi connectivity index (χ1v) is 11.0. The minimum absolute atomic E-state index is 0.283. The van der Waals surface area contributed by atoms with Gasteiger partial charge in [0.05, 0.1) is 17.1 Å². The van der Waals surface area contributed by atoms with Crippen LogP contribution in [0.3, 0.4) is 0 Å². The number of nitrogens with zero attached hydrogens (tertiary/aromatic N) is 5. The highest BCUT2D eigenvalue weighted by Crippen LogP contribution is 2.33. The molecule has 0 aliphatic carbocycles. The molecule has 170 valence electrons. The summed E-state index contributed by atoms with van der Waals surface area (Å²) in [6.45, 7) is 2.85. The number of halogens is 1. The third-order valence-corrected chi connectivity index (χ3v) is 5.48. The molecule has 0 aliphatic heterocycles. The molecule has 3 aromatic heterocycles. The molecule has 0 aliphatic rings. The summed E-state index contributed by atoms with van der Waals surface area (Å²) in [6, 6.07) is 20.5. The van der Waals surface area contributed by atoms with E-state index in [0.717, 1.165) is 51.7 Å². The molecule has 0 atom stereocenters. The maximum absolute atomic E-state index is 13.6. The normalized spacial score (nSPS) is 11.3. The van der Waals surface area contributed by atoms with Crippen LogP contribution in [0.15, 0.2) is 79.1 Å². The predicted octanol–water partition coefficient (Wildman–Crippen LogP) is 5.71. The zero-order valence-corrected chi connectivity index (χ0v) is 19.3. The SMILES string of the molecule is Cc1cccc(Nc2nccc(-c3c(-c4ccc(F)cc4)nc4cc(CN(C)C)ccn34)n2)c1. The van der Waals surface area contributed by atoms with Gasteiger partial charge < -0.3 is 10.2 Å². The second-order valence-corrected chi connectivity index (χ2v) is 8.58. The van der Waals surface area contributed by atoms with Crippen LogP contribution in [-0.4, -0.2) is 38.3 Å². The Morgan fingerprint density at radius 1 is 0.971 bits per heavy atom. The Balaban J connectivity index is 1.64. The zero-order chi connectivity index (χ0) is 23.7. The highest BCUT2D eigenvalue weighted by molar-refractivity contribution is 5.81. The molecule has 0 saturated carbocycles. The molecular weight excluding hydrogens is 427 g/mol. The van der Waals surface area contributed by atoms with Crippen LogP contribution in [0.5, 0.6) is 0 Å². The number of benzene rings is 2. The molecule has 0 saturated heterocycles. The second kappa shape index (κ2) is 9.03. The van der Waals surface area contributed by atoms with Crippen molar-refractivity contribution in [3.8, 4) is 22.6 Å². The molecule has 0 amide bonds. The van der Waals surface area contributed by atoms with Gasteiger partial charge in [0.15, 0.2) is 0 Å². The molecule has 0 unspecified atom stereocenters. The van der Waals surface area contributed by atoms with E-state index >= 15 is 0 Å². The van der Waals surface area contributed by atoms with E-state index in [1.807, 2.05) is 61.9 Å². The van der Waals surface area contributed by atoms with Crippen molar-refractivity contribution in [2.75, 3.05) is 19.4 Å². The Morgan fingerprint density at radius 3 is 2.56 bits per heavy atom. The molecule has 0 spiro atoms. The van der Waals surface area contributed by atoms with Gasteiger partial charge in [-0.15, -0.1) is 0 Å². The summed E-state index contributed by atoms with van der Waals surface area (Å²) in [5.74, 6) is 0.210. The molecule has 0 bridgehead atoms. The number of aromatic nitrogens is 4. The van der Waals surface area contributed by atoms with Crippen molar-refractivity contribution >= 4 is 17.3 Å². The monoisotopic (exact) mass is 452 g/mol. The van der Waals surface area contributed by atoms with Crippen molar-refractivity contribution < 1.29 is 4.39 Å². The van der Waals surface area contributed by atoms with Gasteiger partial charge in [-0.25, -0.2) is 19.3 Å². The fraction of sp³-hybridized carbons (Fsp3) is 0.148. The van der Waals surface area contributed by atoms with Crippen LogP contribution in [0.1, 0.15) is 11.1 Å². The Morgan fingerprint density at radius 2 is 1.79 bits per heavy atom. The van der Waals surface area contributed by atoms with Crippen molar-refractivity contribution in [1.29, 1.82) is 0 Å². The topological polar surface area (TPSA) is 58.4 Å². The first-order chi connectivity index (χ1) is 16.5. The van der Waals surface area contributed by atoms with Crippen LogP contribution in [-0.2, 0) is 6.54 Å². The molecule has 1 N–H and O–H groups in total. The summed E-state index contributed by atoms with van der Waals surface area (Å²) in [6.07, 6.45) is 3.74. The number of imidazole rings is 1. The molecule has 7 heteroatoms. The largest absolute Gasteiger partial charge is 0.324 e. The van der Waals surface area contributed by atoms with Crippen molar-refractivity contribution in [3.63, 3.8) is 0 Å². The van der Waals surface area contributed by atoms with Crippen molar-refractivity contribution in [2.45, 2.75) is 13.5 Å². The molecule has 5 rings (SSSR count). The number of aryl methyl sites for hydroxylation is 1. The van der Waals surface area contributed by atoms with Gasteiger partial charge in [-0.2, -0.15) is 0 Å². The highest BCUT2D eigenvalue weighted by atomic mass is 19.1. The van der Waals surface area contributed by atoms with Gasteiger partial charge >= 0.3 is 0 Å². The molecule has 0 radical (unpaired) electrons. The average molecular weight is 453 g/mol. The van der Waals surface area contributed by atoms with Gasteiger partial charge in [-0.3, -0.25) is 4.40 Å². The van der Waals surface area contributed by atoms with Gasteiger partial charge in [0.2, 0.25) is 5.95 Å². The third-order valence-electron chi connectivity index (χ3n) is 5.48. The van der Waals surface area contributed by atoms with Crippen LogP contribution >= 0.6 is 0 Å². The lowest BCUT2D eigenvalue weighted by Gasteiger charge is -2.11. The number of rotatable bonds is 6. The molecule has 3 heterocycles.